The Morgan fingerprint density at radius 3 is 2.27 bits per heavy atom. The van der Waals surface area contributed by atoms with Crippen molar-refractivity contribution in [1.82, 2.24) is 4.90 Å². The smallest absolute Gasteiger partial charge is 0.304 e. The fraction of sp³-hybridized carbons (Fsp3) is 0.200. The molecular formula is C25H24N2O2S. The monoisotopic (exact) mass is 416 g/mol. The summed E-state index contributed by atoms with van der Waals surface area (Å²) in [6, 6.07) is 26.3. The Morgan fingerprint density at radius 2 is 1.63 bits per heavy atom. The molecule has 0 heterocycles. The lowest BCUT2D eigenvalue weighted by Gasteiger charge is -2.22. The number of hydrogen-bond donors (Lipinski definition) is 1. The maximum absolute atomic E-state index is 11.1. The van der Waals surface area contributed by atoms with Crippen LogP contribution in [0.4, 0.5) is 0 Å². The number of rotatable bonds is 9. The van der Waals surface area contributed by atoms with Crippen molar-refractivity contribution in [1.29, 1.82) is 5.26 Å². The summed E-state index contributed by atoms with van der Waals surface area (Å²) >= 11 is 1.65. The van der Waals surface area contributed by atoms with Crippen LogP contribution in [0.1, 0.15) is 28.7 Å². The SMILES string of the molecule is Cc1cccc(CN(CCC(=O)O)Cc2cccc(Sc3ccc(C#N)cc3)c2)c1. The molecule has 0 spiro atoms. The van der Waals surface area contributed by atoms with Crippen molar-refractivity contribution in [2.45, 2.75) is 36.2 Å². The zero-order valence-electron chi connectivity index (χ0n) is 16.9. The molecule has 5 heteroatoms. The standard InChI is InChI=1S/C25H24N2O2S/c1-19-4-2-5-21(14-19)17-27(13-12-25(28)29)18-22-6-3-7-24(15-22)30-23-10-8-20(16-26)9-11-23/h2-11,14-15H,12-13,17-18H2,1H3,(H,28,29). The lowest BCUT2D eigenvalue weighted by Crippen LogP contribution is -2.25. The normalized spacial score (nSPS) is 10.7. The van der Waals surface area contributed by atoms with E-state index in [1.807, 2.05) is 36.4 Å². The minimum atomic E-state index is -0.783. The Balaban J connectivity index is 1.72. The number of hydrogen-bond acceptors (Lipinski definition) is 4. The number of nitriles is 1. The largest absolute Gasteiger partial charge is 0.481 e. The van der Waals surface area contributed by atoms with E-state index < -0.39 is 5.97 Å². The molecule has 0 atom stereocenters. The summed E-state index contributed by atoms with van der Waals surface area (Å²) < 4.78 is 0. The zero-order valence-corrected chi connectivity index (χ0v) is 17.7. The van der Waals surface area contributed by atoms with Crippen LogP contribution in [0.2, 0.25) is 0 Å². The molecule has 0 aliphatic carbocycles. The maximum Gasteiger partial charge on any atom is 0.304 e. The number of carboxylic acid groups (broad SMARTS) is 1. The molecule has 4 nitrogen and oxygen atoms in total. The molecule has 1 N–H and O–H groups in total. The van der Waals surface area contributed by atoms with E-state index in [1.54, 1.807) is 11.8 Å². The molecule has 0 radical (unpaired) electrons. The van der Waals surface area contributed by atoms with Crippen molar-refractivity contribution in [2.24, 2.45) is 0 Å². The van der Waals surface area contributed by atoms with E-state index >= 15 is 0 Å². The van der Waals surface area contributed by atoms with Gasteiger partial charge in [0.05, 0.1) is 18.1 Å². The van der Waals surface area contributed by atoms with Crippen molar-refractivity contribution in [2.75, 3.05) is 6.54 Å². The lowest BCUT2D eigenvalue weighted by atomic mass is 10.1. The highest BCUT2D eigenvalue weighted by atomic mass is 32.2. The van der Waals surface area contributed by atoms with Gasteiger partial charge in [-0.15, -0.1) is 0 Å². The summed E-state index contributed by atoms with van der Waals surface area (Å²) in [6.45, 7) is 3.95. The third-order valence-corrected chi connectivity index (χ3v) is 5.65. The highest BCUT2D eigenvalue weighted by Crippen LogP contribution is 2.28. The number of aryl methyl sites for hydroxylation is 1. The average Bonchev–Trinajstić information content (AvgIpc) is 2.73. The molecule has 3 aromatic rings. The Kier molecular flexibility index (Phi) is 7.67. The first-order chi connectivity index (χ1) is 14.5. The highest BCUT2D eigenvalue weighted by Gasteiger charge is 2.11. The van der Waals surface area contributed by atoms with E-state index in [2.05, 4.69) is 54.3 Å². The van der Waals surface area contributed by atoms with Crippen LogP contribution in [-0.2, 0) is 17.9 Å². The first kappa shape index (κ1) is 21.6. The van der Waals surface area contributed by atoms with Gasteiger partial charge in [-0.2, -0.15) is 5.26 Å². The van der Waals surface area contributed by atoms with Crippen molar-refractivity contribution in [3.05, 3.63) is 95.1 Å². The lowest BCUT2D eigenvalue weighted by molar-refractivity contribution is -0.137. The molecule has 0 amide bonds. The van der Waals surface area contributed by atoms with Crippen LogP contribution in [0.25, 0.3) is 0 Å². The summed E-state index contributed by atoms with van der Waals surface area (Å²) in [5.41, 5.74) is 4.18. The van der Waals surface area contributed by atoms with Crippen molar-refractivity contribution < 1.29 is 9.90 Å². The van der Waals surface area contributed by atoms with E-state index in [9.17, 15) is 4.79 Å². The average molecular weight is 417 g/mol. The zero-order chi connectivity index (χ0) is 21.3. The minimum Gasteiger partial charge on any atom is -0.481 e. The van der Waals surface area contributed by atoms with Gasteiger partial charge in [0.1, 0.15) is 0 Å². The molecule has 0 aliphatic heterocycles. The molecule has 0 saturated carbocycles. The summed E-state index contributed by atoms with van der Waals surface area (Å²) in [5.74, 6) is -0.783. The van der Waals surface area contributed by atoms with Crippen molar-refractivity contribution in [3.63, 3.8) is 0 Å². The third kappa shape index (κ3) is 6.77. The molecule has 152 valence electrons. The van der Waals surface area contributed by atoms with Crippen LogP contribution in [0, 0.1) is 18.3 Å². The molecule has 30 heavy (non-hydrogen) atoms. The van der Waals surface area contributed by atoms with Gasteiger partial charge in [0.2, 0.25) is 0 Å². The number of aliphatic carboxylic acids is 1. The molecule has 0 fully saturated rings. The van der Waals surface area contributed by atoms with Gasteiger partial charge in [-0.05, 0) is 54.4 Å². The number of carboxylic acids is 1. The minimum absolute atomic E-state index is 0.117. The van der Waals surface area contributed by atoms with Crippen LogP contribution < -0.4 is 0 Å². The van der Waals surface area contributed by atoms with Crippen LogP contribution in [0.15, 0.2) is 82.6 Å². The molecule has 0 aromatic heterocycles. The molecular weight excluding hydrogens is 392 g/mol. The first-order valence-electron chi connectivity index (χ1n) is 9.78. The van der Waals surface area contributed by atoms with Crippen molar-refractivity contribution in [3.8, 4) is 6.07 Å². The quantitative estimate of drug-likeness (QED) is 0.499. The molecule has 3 rings (SSSR count). The van der Waals surface area contributed by atoms with E-state index in [1.165, 1.54) is 11.1 Å². The van der Waals surface area contributed by atoms with Gasteiger partial charge in [-0.3, -0.25) is 9.69 Å². The number of carbonyl (C=O) groups is 1. The predicted molar refractivity (Wildman–Crippen MR) is 119 cm³/mol. The Hall–Kier alpha value is -3.07. The first-order valence-corrected chi connectivity index (χ1v) is 10.6. The summed E-state index contributed by atoms with van der Waals surface area (Å²) in [4.78, 5) is 15.5. The summed E-state index contributed by atoms with van der Waals surface area (Å²) in [7, 11) is 0. The van der Waals surface area contributed by atoms with Crippen LogP contribution in [-0.4, -0.2) is 22.5 Å². The van der Waals surface area contributed by atoms with Gasteiger partial charge in [-0.1, -0.05) is 53.7 Å². The van der Waals surface area contributed by atoms with Gasteiger partial charge < -0.3 is 5.11 Å². The molecule has 3 aromatic carbocycles. The molecule has 0 unspecified atom stereocenters. The fourth-order valence-electron chi connectivity index (χ4n) is 3.24. The summed E-state index contributed by atoms with van der Waals surface area (Å²) in [5, 5.41) is 18.1. The van der Waals surface area contributed by atoms with E-state index in [-0.39, 0.29) is 6.42 Å². The Bertz CT molecular complexity index is 1040. The molecule has 0 saturated heterocycles. The van der Waals surface area contributed by atoms with Crippen LogP contribution in [0.5, 0.6) is 0 Å². The molecule has 0 bridgehead atoms. The van der Waals surface area contributed by atoms with Gasteiger partial charge >= 0.3 is 5.97 Å². The van der Waals surface area contributed by atoms with Crippen molar-refractivity contribution >= 4 is 17.7 Å². The van der Waals surface area contributed by atoms with Gasteiger partial charge in [0.15, 0.2) is 0 Å². The van der Waals surface area contributed by atoms with Crippen LogP contribution in [0.3, 0.4) is 0 Å². The maximum atomic E-state index is 11.1. The van der Waals surface area contributed by atoms with Gasteiger partial charge in [0, 0.05) is 29.4 Å². The topological polar surface area (TPSA) is 64.3 Å². The van der Waals surface area contributed by atoms with E-state index in [4.69, 9.17) is 10.4 Å². The second kappa shape index (κ2) is 10.6. The fourth-order valence-corrected chi connectivity index (χ4v) is 4.14. The van der Waals surface area contributed by atoms with E-state index in [0.29, 0.717) is 25.2 Å². The Morgan fingerprint density at radius 1 is 0.967 bits per heavy atom. The molecule has 0 aliphatic rings. The number of nitrogens with zero attached hydrogens (tertiary/aromatic N) is 2. The number of benzene rings is 3. The third-order valence-electron chi connectivity index (χ3n) is 4.65. The van der Waals surface area contributed by atoms with E-state index in [0.717, 1.165) is 15.4 Å². The summed E-state index contributed by atoms with van der Waals surface area (Å²) in [6.07, 6.45) is 0.117. The second-order valence-corrected chi connectivity index (χ2v) is 8.38. The Labute approximate surface area is 181 Å². The van der Waals surface area contributed by atoms with Crippen LogP contribution >= 0.6 is 11.8 Å². The second-order valence-electron chi connectivity index (χ2n) is 7.23. The van der Waals surface area contributed by atoms with Gasteiger partial charge in [0.25, 0.3) is 0 Å². The van der Waals surface area contributed by atoms with Gasteiger partial charge in [-0.25, -0.2) is 0 Å². The highest BCUT2D eigenvalue weighted by molar-refractivity contribution is 7.99. The predicted octanol–water partition coefficient (Wildman–Crippen LogP) is 5.49.